The summed E-state index contributed by atoms with van der Waals surface area (Å²) in [6.07, 6.45) is 3.64. The third-order valence-corrected chi connectivity index (χ3v) is 5.46. The monoisotopic (exact) mass is 375 g/mol. The van der Waals surface area contributed by atoms with Crippen LogP contribution in [0.15, 0.2) is 54.9 Å². The first kappa shape index (κ1) is 16.9. The molecule has 1 aromatic heterocycles. The minimum atomic E-state index is 0.00302. The zero-order chi connectivity index (χ0) is 18.9. The molecule has 0 bridgehead atoms. The van der Waals surface area contributed by atoms with Crippen LogP contribution in [-0.2, 0) is 13.0 Å². The molecule has 2 aliphatic heterocycles. The summed E-state index contributed by atoms with van der Waals surface area (Å²) in [6, 6.07) is 15.8. The number of aromatic nitrogens is 2. The van der Waals surface area contributed by atoms with Crippen LogP contribution >= 0.6 is 0 Å². The molecule has 1 atom stereocenters. The number of imidazole rings is 1. The Labute approximate surface area is 163 Å². The van der Waals surface area contributed by atoms with E-state index < -0.39 is 0 Å². The lowest BCUT2D eigenvalue weighted by Gasteiger charge is -2.32. The zero-order valence-electron chi connectivity index (χ0n) is 15.4. The number of hydrogen-bond acceptors (Lipinski definition) is 4. The molecule has 0 spiro atoms. The van der Waals surface area contributed by atoms with E-state index in [0.717, 1.165) is 24.2 Å². The number of H-pyrrole nitrogens is 1. The van der Waals surface area contributed by atoms with Crippen LogP contribution in [0, 0.1) is 0 Å². The van der Waals surface area contributed by atoms with E-state index in [1.165, 1.54) is 5.56 Å². The summed E-state index contributed by atoms with van der Waals surface area (Å²) in [5.41, 5.74) is 4.04. The highest BCUT2D eigenvalue weighted by Crippen LogP contribution is 2.34. The Morgan fingerprint density at radius 1 is 1.14 bits per heavy atom. The van der Waals surface area contributed by atoms with Gasteiger partial charge in [-0.1, -0.05) is 30.3 Å². The molecule has 3 aromatic rings. The molecule has 0 fully saturated rings. The lowest BCUT2D eigenvalue weighted by Crippen LogP contribution is -2.38. The minimum absolute atomic E-state index is 0.00302. The molecular formula is C22H21N3O3. The van der Waals surface area contributed by atoms with Crippen LogP contribution in [-0.4, -0.2) is 34.1 Å². The normalized spacial score (nSPS) is 17.4. The van der Waals surface area contributed by atoms with E-state index in [9.17, 15) is 4.79 Å². The fraction of sp³-hybridized carbons (Fsp3) is 0.273. The fourth-order valence-electron chi connectivity index (χ4n) is 4.00. The average Bonchev–Trinajstić information content (AvgIpc) is 3.40. The third-order valence-electron chi connectivity index (χ3n) is 5.46. The summed E-state index contributed by atoms with van der Waals surface area (Å²) in [7, 11) is 0. The van der Waals surface area contributed by atoms with E-state index in [1.54, 1.807) is 24.5 Å². The first-order chi connectivity index (χ1) is 13.8. The molecule has 0 saturated heterocycles. The molecule has 0 aliphatic carbocycles. The number of aromatic amines is 1. The van der Waals surface area contributed by atoms with Crippen molar-refractivity contribution >= 4 is 5.91 Å². The summed E-state index contributed by atoms with van der Waals surface area (Å²) in [6.45, 7) is 1.41. The molecule has 1 N–H and O–H groups in total. The lowest BCUT2D eigenvalue weighted by molar-refractivity contribution is 0.0711. The van der Waals surface area contributed by atoms with Crippen molar-refractivity contribution in [1.82, 2.24) is 14.9 Å². The van der Waals surface area contributed by atoms with Crippen LogP contribution in [0.25, 0.3) is 0 Å². The first-order valence-corrected chi connectivity index (χ1v) is 9.53. The Bertz CT molecular complexity index is 999. The van der Waals surface area contributed by atoms with Crippen molar-refractivity contribution in [2.24, 2.45) is 0 Å². The number of hydrogen-bond donors (Lipinski definition) is 1. The molecule has 3 heterocycles. The van der Waals surface area contributed by atoms with Gasteiger partial charge in [0.2, 0.25) is 6.79 Å². The van der Waals surface area contributed by atoms with Gasteiger partial charge in [-0.2, -0.15) is 0 Å². The predicted octanol–water partition coefficient (Wildman–Crippen LogP) is 3.51. The van der Waals surface area contributed by atoms with Crippen LogP contribution in [0.2, 0.25) is 0 Å². The van der Waals surface area contributed by atoms with Crippen molar-refractivity contribution in [2.75, 3.05) is 13.3 Å². The van der Waals surface area contributed by atoms with Crippen molar-refractivity contribution in [3.8, 4) is 11.5 Å². The van der Waals surface area contributed by atoms with Gasteiger partial charge in [-0.05, 0) is 36.6 Å². The van der Waals surface area contributed by atoms with E-state index in [1.807, 2.05) is 11.0 Å². The molecule has 1 amide bonds. The smallest absolute Gasteiger partial charge is 0.254 e. The average molecular weight is 375 g/mol. The maximum atomic E-state index is 13.1. The number of rotatable bonds is 4. The number of benzene rings is 2. The number of nitrogens with zero attached hydrogens (tertiary/aromatic N) is 2. The molecular weight excluding hydrogens is 354 g/mol. The molecule has 2 aliphatic rings. The van der Waals surface area contributed by atoms with Gasteiger partial charge in [0, 0.05) is 18.0 Å². The second-order valence-electron chi connectivity index (χ2n) is 7.24. The van der Waals surface area contributed by atoms with Crippen molar-refractivity contribution in [2.45, 2.75) is 25.3 Å². The summed E-state index contributed by atoms with van der Waals surface area (Å²) in [5, 5.41) is 0. The molecule has 1 unspecified atom stereocenters. The molecule has 5 rings (SSSR count). The lowest BCUT2D eigenvalue weighted by atomic mass is 9.91. The zero-order valence-corrected chi connectivity index (χ0v) is 15.4. The number of nitrogens with one attached hydrogen (secondary N) is 1. The second-order valence-corrected chi connectivity index (χ2v) is 7.24. The van der Waals surface area contributed by atoms with Crippen molar-refractivity contribution in [1.29, 1.82) is 0 Å². The van der Waals surface area contributed by atoms with Gasteiger partial charge in [0.25, 0.3) is 5.91 Å². The van der Waals surface area contributed by atoms with E-state index in [4.69, 9.17) is 9.47 Å². The molecule has 28 heavy (non-hydrogen) atoms. The van der Waals surface area contributed by atoms with Gasteiger partial charge in [0.05, 0.1) is 24.3 Å². The summed E-state index contributed by atoms with van der Waals surface area (Å²) < 4.78 is 10.8. The molecule has 0 saturated carbocycles. The quantitative estimate of drug-likeness (QED) is 0.758. The Hall–Kier alpha value is -3.28. The van der Waals surface area contributed by atoms with Gasteiger partial charge in [-0.3, -0.25) is 4.79 Å². The van der Waals surface area contributed by atoms with Gasteiger partial charge in [0.15, 0.2) is 11.5 Å². The van der Waals surface area contributed by atoms with Crippen LogP contribution in [0.1, 0.15) is 39.6 Å². The van der Waals surface area contributed by atoms with Crippen molar-refractivity contribution in [3.63, 3.8) is 0 Å². The largest absolute Gasteiger partial charge is 0.454 e. The second kappa shape index (κ2) is 7.03. The number of fused-ring (bicyclic) bond motifs is 2. The number of carbonyl (C=O) groups is 1. The summed E-state index contributed by atoms with van der Waals surface area (Å²) >= 11 is 0. The summed E-state index contributed by atoms with van der Waals surface area (Å²) in [4.78, 5) is 22.8. The van der Waals surface area contributed by atoms with Crippen LogP contribution in [0.5, 0.6) is 11.5 Å². The molecule has 6 nitrogen and oxygen atoms in total. The van der Waals surface area contributed by atoms with Gasteiger partial charge >= 0.3 is 0 Å². The molecule has 6 heteroatoms. The molecule has 142 valence electrons. The Morgan fingerprint density at radius 3 is 2.89 bits per heavy atom. The van der Waals surface area contributed by atoms with E-state index in [-0.39, 0.29) is 18.6 Å². The van der Waals surface area contributed by atoms with E-state index in [2.05, 4.69) is 34.2 Å². The van der Waals surface area contributed by atoms with Crippen LogP contribution in [0.4, 0.5) is 0 Å². The van der Waals surface area contributed by atoms with E-state index in [0.29, 0.717) is 30.2 Å². The molecule has 2 aromatic carbocycles. The fourth-order valence-corrected chi connectivity index (χ4v) is 4.00. The van der Waals surface area contributed by atoms with Gasteiger partial charge in [-0.15, -0.1) is 0 Å². The Balaban J connectivity index is 1.35. The topological polar surface area (TPSA) is 67.5 Å². The van der Waals surface area contributed by atoms with Gasteiger partial charge < -0.3 is 19.4 Å². The number of amides is 1. The Kier molecular flexibility index (Phi) is 4.24. The maximum absolute atomic E-state index is 13.1. The number of carbonyl (C=O) groups excluding carboxylic acids is 1. The standard InChI is InChI=1S/C22H21N3O3/c26-22(16-8-9-19-20(10-16)28-14-27-19)25-11-17(21-18(12-25)23-13-24-21)7-6-15-4-2-1-3-5-15/h1-5,8-10,13,17H,6-7,11-12,14H2,(H,23,24). The minimum Gasteiger partial charge on any atom is -0.454 e. The van der Waals surface area contributed by atoms with Gasteiger partial charge in [-0.25, -0.2) is 4.98 Å². The van der Waals surface area contributed by atoms with Crippen LogP contribution < -0.4 is 9.47 Å². The van der Waals surface area contributed by atoms with Crippen molar-refractivity contribution in [3.05, 3.63) is 77.4 Å². The Morgan fingerprint density at radius 2 is 2.00 bits per heavy atom. The maximum Gasteiger partial charge on any atom is 0.254 e. The highest BCUT2D eigenvalue weighted by Gasteiger charge is 2.31. The predicted molar refractivity (Wildman–Crippen MR) is 103 cm³/mol. The van der Waals surface area contributed by atoms with E-state index >= 15 is 0 Å². The highest BCUT2D eigenvalue weighted by molar-refractivity contribution is 5.95. The first-order valence-electron chi connectivity index (χ1n) is 9.53. The highest BCUT2D eigenvalue weighted by atomic mass is 16.7. The number of ether oxygens (including phenoxy) is 2. The third kappa shape index (κ3) is 3.11. The number of aryl methyl sites for hydroxylation is 1. The summed E-state index contributed by atoms with van der Waals surface area (Å²) in [5.74, 6) is 1.54. The SMILES string of the molecule is O=C(c1ccc2c(c1)OCO2)N1Cc2[nH]cnc2C(CCc2ccccc2)C1. The van der Waals surface area contributed by atoms with Crippen molar-refractivity contribution < 1.29 is 14.3 Å². The van der Waals surface area contributed by atoms with Gasteiger partial charge in [0.1, 0.15) is 0 Å². The van der Waals surface area contributed by atoms with Crippen LogP contribution in [0.3, 0.4) is 0 Å². The molecule has 0 radical (unpaired) electrons.